The highest BCUT2D eigenvalue weighted by molar-refractivity contribution is 7.98. The number of aromatic nitrogens is 2. The molecule has 0 saturated carbocycles. The lowest BCUT2D eigenvalue weighted by Crippen LogP contribution is -2.22. The fraction of sp³-hybridized carbons (Fsp3) is 0.320. The molecule has 5 nitrogen and oxygen atoms in total. The molecule has 0 bridgehead atoms. The number of rotatable bonds is 9. The van der Waals surface area contributed by atoms with Gasteiger partial charge >= 0.3 is 0 Å². The molecular formula is C25H30N4OS. The van der Waals surface area contributed by atoms with Crippen LogP contribution in [-0.4, -0.2) is 29.5 Å². The number of hydrogen-bond donors (Lipinski definition) is 1. The van der Waals surface area contributed by atoms with Gasteiger partial charge in [0.15, 0.2) is 5.16 Å². The van der Waals surface area contributed by atoms with Crippen molar-refractivity contribution >= 4 is 23.5 Å². The molecule has 1 aromatic heterocycles. The predicted octanol–water partition coefficient (Wildman–Crippen LogP) is 5.16. The van der Waals surface area contributed by atoms with Crippen LogP contribution in [0.1, 0.15) is 46.1 Å². The van der Waals surface area contributed by atoms with Gasteiger partial charge in [-0.25, -0.2) is 9.97 Å². The zero-order valence-electron chi connectivity index (χ0n) is 18.7. The van der Waals surface area contributed by atoms with Crippen LogP contribution >= 0.6 is 11.8 Å². The summed E-state index contributed by atoms with van der Waals surface area (Å²) in [5.74, 6) is 1.69. The van der Waals surface area contributed by atoms with Crippen molar-refractivity contribution in [3.63, 3.8) is 0 Å². The van der Waals surface area contributed by atoms with E-state index in [0.717, 1.165) is 52.1 Å². The van der Waals surface area contributed by atoms with Gasteiger partial charge in [0.2, 0.25) is 0 Å². The zero-order chi connectivity index (χ0) is 22.2. The third kappa shape index (κ3) is 6.31. The molecule has 0 spiro atoms. The van der Waals surface area contributed by atoms with Crippen LogP contribution in [0, 0.1) is 13.8 Å². The Labute approximate surface area is 189 Å². The lowest BCUT2D eigenvalue weighted by molar-refractivity contribution is 0.0951. The van der Waals surface area contributed by atoms with E-state index < -0.39 is 0 Å². The van der Waals surface area contributed by atoms with Crippen LogP contribution in [0.15, 0.2) is 59.8 Å². The summed E-state index contributed by atoms with van der Waals surface area (Å²) in [6.45, 7) is 7.77. The molecule has 162 valence electrons. The summed E-state index contributed by atoms with van der Waals surface area (Å²) in [5.41, 5.74) is 5.03. The molecule has 6 heteroatoms. The topological polar surface area (TPSA) is 58.1 Å². The number of aryl methyl sites for hydroxylation is 1. The van der Waals surface area contributed by atoms with Crippen molar-refractivity contribution in [2.45, 2.75) is 44.6 Å². The zero-order valence-corrected chi connectivity index (χ0v) is 19.5. The molecule has 1 amide bonds. The molecule has 0 atom stereocenters. The van der Waals surface area contributed by atoms with Gasteiger partial charge in [-0.2, -0.15) is 0 Å². The minimum atomic E-state index is -0.0656. The maximum absolute atomic E-state index is 12.4. The fourth-order valence-electron chi connectivity index (χ4n) is 3.25. The van der Waals surface area contributed by atoms with Crippen molar-refractivity contribution < 1.29 is 4.79 Å². The van der Waals surface area contributed by atoms with E-state index in [0.29, 0.717) is 12.1 Å². The maximum Gasteiger partial charge on any atom is 0.251 e. The first-order valence-electron chi connectivity index (χ1n) is 10.6. The van der Waals surface area contributed by atoms with Gasteiger partial charge in [-0.15, -0.1) is 0 Å². The Kier molecular flexibility index (Phi) is 8.06. The minimum absolute atomic E-state index is 0.0656. The van der Waals surface area contributed by atoms with Crippen molar-refractivity contribution in [2.24, 2.45) is 0 Å². The molecule has 0 saturated heterocycles. The first kappa shape index (κ1) is 22.8. The van der Waals surface area contributed by atoms with Crippen LogP contribution in [-0.2, 0) is 12.3 Å². The number of hydrogen-bond acceptors (Lipinski definition) is 5. The highest BCUT2D eigenvalue weighted by Gasteiger charge is 2.12. The highest BCUT2D eigenvalue weighted by atomic mass is 32.2. The Balaban J connectivity index is 1.59. The molecule has 0 unspecified atom stereocenters. The number of benzene rings is 2. The van der Waals surface area contributed by atoms with E-state index in [4.69, 9.17) is 4.98 Å². The third-order valence-electron chi connectivity index (χ3n) is 5.14. The van der Waals surface area contributed by atoms with Gasteiger partial charge in [0, 0.05) is 42.7 Å². The van der Waals surface area contributed by atoms with Gasteiger partial charge in [-0.3, -0.25) is 4.79 Å². The van der Waals surface area contributed by atoms with E-state index in [1.807, 2.05) is 61.5 Å². The normalized spacial score (nSPS) is 10.7. The quantitative estimate of drug-likeness (QED) is 0.372. The van der Waals surface area contributed by atoms with E-state index >= 15 is 0 Å². The second-order valence-corrected chi connectivity index (χ2v) is 8.56. The lowest BCUT2D eigenvalue weighted by atomic mass is 10.1. The van der Waals surface area contributed by atoms with E-state index in [9.17, 15) is 4.79 Å². The number of carbonyl (C=O) groups excluding carboxylic acids is 1. The van der Waals surface area contributed by atoms with Crippen molar-refractivity contribution in [3.8, 4) is 0 Å². The van der Waals surface area contributed by atoms with E-state index in [2.05, 4.69) is 36.1 Å². The van der Waals surface area contributed by atoms with E-state index in [1.165, 1.54) is 0 Å². The fourth-order valence-corrected chi connectivity index (χ4v) is 4.09. The third-order valence-corrected chi connectivity index (χ3v) is 6.06. The van der Waals surface area contributed by atoms with Gasteiger partial charge < -0.3 is 10.2 Å². The number of anilines is 1. The van der Waals surface area contributed by atoms with Crippen molar-refractivity contribution in [1.82, 2.24) is 15.3 Å². The lowest BCUT2D eigenvalue weighted by Gasteiger charge is -2.20. The summed E-state index contributed by atoms with van der Waals surface area (Å²) >= 11 is 1.62. The number of nitrogens with one attached hydrogen (secondary N) is 1. The van der Waals surface area contributed by atoms with Crippen molar-refractivity contribution in [3.05, 3.63) is 82.5 Å². The molecule has 2 aromatic carbocycles. The molecule has 3 rings (SSSR count). The standard InChI is InChI=1S/C25H30N4OS/c1-5-15-29(4)23-18(2)19(3)27-25(28-23)31-17-21-11-13-22(14-12-21)24(30)26-16-20-9-7-6-8-10-20/h6-14H,5,15-17H2,1-4H3,(H,26,30). The minimum Gasteiger partial charge on any atom is -0.359 e. The average molecular weight is 435 g/mol. The number of thioether (sulfide) groups is 1. The van der Waals surface area contributed by atoms with Crippen LogP contribution in [0.4, 0.5) is 5.82 Å². The summed E-state index contributed by atoms with van der Waals surface area (Å²) in [6.07, 6.45) is 1.08. The summed E-state index contributed by atoms with van der Waals surface area (Å²) in [6, 6.07) is 17.6. The second kappa shape index (κ2) is 11.0. The van der Waals surface area contributed by atoms with E-state index in [1.54, 1.807) is 11.8 Å². The van der Waals surface area contributed by atoms with E-state index in [-0.39, 0.29) is 5.91 Å². The first-order chi connectivity index (χ1) is 15.0. The summed E-state index contributed by atoms with van der Waals surface area (Å²) < 4.78 is 0. The Morgan fingerprint density at radius 3 is 2.39 bits per heavy atom. The van der Waals surface area contributed by atoms with Crippen LogP contribution in [0.3, 0.4) is 0 Å². The summed E-state index contributed by atoms with van der Waals surface area (Å²) in [5, 5.41) is 3.75. The van der Waals surface area contributed by atoms with Crippen LogP contribution in [0.25, 0.3) is 0 Å². The van der Waals surface area contributed by atoms with Gasteiger partial charge in [0.25, 0.3) is 5.91 Å². The SMILES string of the molecule is CCCN(C)c1nc(SCc2ccc(C(=O)NCc3ccccc3)cc2)nc(C)c1C. The van der Waals surface area contributed by atoms with Crippen LogP contribution in [0.5, 0.6) is 0 Å². The second-order valence-electron chi connectivity index (χ2n) is 7.62. The molecule has 0 aliphatic carbocycles. The molecule has 0 radical (unpaired) electrons. The molecule has 1 N–H and O–H groups in total. The van der Waals surface area contributed by atoms with Crippen LogP contribution in [0.2, 0.25) is 0 Å². The molecule has 1 heterocycles. The van der Waals surface area contributed by atoms with Crippen molar-refractivity contribution in [2.75, 3.05) is 18.5 Å². The summed E-state index contributed by atoms with van der Waals surface area (Å²) in [7, 11) is 2.08. The monoisotopic (exact) mass is 434 g/mol. The molecule has 0 fully saturated rings. The Morgan fingerprint density at radius 2 is 1.71 bits per heavy atom. The van der Waals surface area contributed by atoms with Crippen LogP contribution < -0.4 is 10.2 Å². The maximum atomic E-state index is 12.4. The Morgan fingerprint density at radius 1 is 1.00 bits per heavy atom. The molecule has 31 heavy (non-hydrogen) atoms. The smallest absolute Gasteiger partial charge is 0.251 e. The van der Waals surface area contributed by atoms with Gasteiger partial charge in [0.1, 0.15) is 5.82 Å². The average Bonchev–Trinajstić information content (AvgIpc) is 2.79. The first-order valence-corrected chi connectivity index (χ1v) is 11.6. The molecule has 0 aliphatic heterocycles. The summed E-state index contributed by atoms with van der Waals surface area (Å²) in [4.78, 5) is 24.0. The van der Waals surface area contributed by atoms with Gasteiger partial charge in [0.05, 0.1) is 0 Å². The molecular weight excluding hydrogens is 404 g/mol. The largest absolute Gasteiger partial charge is 0.359 e. The van der Waals surface area contributed by atoms with Gasteiger partial charge in [-0.05, 0) is 43.5 Å². The predicted molar refractivity (Wildman–Crippen MR) is 129 cm³/mol. The Hall–Kier alpha value is -2.86. The highest BCUT2D eigenvalue weighted by Crippen LogP contribution is 2.25. The van der Waals surface area contributed by atoms with Crippen molar-refractivity contribution in [1.29, 1.82) is 0 Å². The Bertz CT molecular complexity index is 1010. The molecule has 3 aromatic rings. The van der Waals surface area contributed by atoms with Gasteiger partial charge in [-0.1, -0.05) is 61.2 Å². The number of nitrogens with zero attached hydrogens (tertiary/aromatic N) is 3. The number of amides is 1. The molecule has 0 aliphatic rings. The number of carbonyl (C=O) groups is 1.